The van der Waals surface area contributed by atoms with E-state index in [0.717, 1.165) is 0 Å². The molecule has 1 fully saturated rings. The van der Waals surface area contributed by atoms with Gasteiger partial charge in [-0.15, -0.1) is 11.6 Å². The summed E-state index contributed by atoms with van der Waals surface area (Å²) < 4.78 is 4.97. The van der Waals surface area contributed by atoms with Crippen molar-refractivity contribution in [1.82, 2.24) is 5.32 Å². The van der Waals surface area contributed by atoms with E-state index >= 15 is 0 Å². The zero-order valence-electron chi connectivity index (χ0n) is 9.06. The summed E-state index contributed by atoms with van der Waals surface area (Å²) in [5.41, 5.74) is 0.523. The van der Waals surface area contributed by atoms with Crippen molar-refractivity contribution in [3.63, 3.8) is 0 Å². The minimum absolute atomic E-state index is 0.253. The lowest BCUT2D eigenvalue weighted by atomic mass is 10.1. The Morgan fingerprint density at radius 3 is 2.71 bits per heavy atom. The Kier molecular flexibility index (Phi) is 3.64. The molecule has 1 saturated heterocycles. The first-order chi connectivity index (χ1) is 8.20. The summed E-state index contributed by atoms with van der Waals surface area (Å²) in [5.74, 6) is -0.439. The lowest BCUT2D eigenvalue weighted by Gasteiger charge is -2.08. The number of carbonyl (C=O) groups excluding carboxylic acids is 2. The third kappa shape index (κ3) is 2.77. The molecule has 2 atom stereocenters. The van der Waals surface area contributed by atoms with Crippen molar-refractivity contribution in [3.05, 3.63) is 35.9 Å². The molecule has 0 radical (unpaired) electrons. The van der Waals surface area contributed by atoms with Gasteiger partial charge >= 0.3 is 5.97 Å². The van der Waals surface area contributed by atoms with Crippen LogP contribution in [0.3, 0.4) is 0 Å². The van der Waals surface area contributed by atoms with Crippen molar-refractivity contribution in [2.75, 3.05) is 5.88 Å². The maximum atomic E-state index is 11.8. The van der Waals surface area contributed by atoms with Gasteiger partial charge in [0.2, 0.25) is 0 Å². The van der Waals surface area contributed by atoms with Crippen LogP contribution in [-0.2, 0) is 9.53 Å². The van der Waals surface area contributed by atoms with Gasteiger partial charge in [0.15, 0.2) is 0 Å². The van der Waals surface area contributed by atoms with Gasteiger partial charge in [0.25, 0.3) is 5.91 Å². The molecule has 1 amide bonds. The molecule has 0 unspecified atom stereocenters. The Labute approximate surface area is 104 Å². The number of rotatable bonds is 3. The van der Waals surface area contributed by atoms with Crippen LogP contribution in [0.1, 0.15) is 16.8 Å². The van der Waals surface area contributed by atoms with Crippen LogP contribution in [-0.4, -0.2) is 29.9 Å². The third-order valence-electron chi connectivity index (χ3n) is 2.58. The van der Waals surface area contributed by atoms with Crippen LogP contribution in [0.25, 0.3) is 0 Å². The number of hydrogen-bond donors (Lipinski definition) is 1. The lowest BCUT2D eigenvalue weighted by molar-refractivity contribution is -0.142. The molecule has 5 heteroatoms. The molecule has 4 nitrogen and oxygen atoms in total. The predicted octanol–water partition coefficient (Wildman–Crippen LogP) is 1.34. The number of amides is 1. The molecule has 0 aromatic heterocycles. The van der Waals surface area contributed by atoms with E-state index < -0.39 is 12.0 Å². The molecular formula is C12H12ClNO3. The highest BCUT2D eigenvalue weighted by molar-refractivity contribution is 6.18. The fraction of sp³-hybridized carbons (Fsp3) is 0.333. The first-order valence-electron chi connectivity index (χ1n) is 5.33. The minimum Gasteiger partial charge on any atom is -0.459 e. The highest BCUT2D eigenvalue weighted by atomic mass is 35.5. The van der Waals surface area contributed by atoms with E-state index in [1.807, 2.05) is 6.07 Å². The summed E-state index contributed by atoms with van der Waals surface area (Å²) in [6, 6.07) is 8.15. The maximum Gasteiger partial charge on any atom is 0.329 e. The smallest absolute Gasteiger partial charge is 0.329 e. The van der Waals surface area contributed by atoms with E-state index in [4.69, 9.17) is 16.3 Å². The van der Waals surface area contributed by atoms with Crippen molar-refractivity contribution < 1.29 is 14.3 Å². The summed E-state index contributed by atoms with van der Waals surface area (Å²) in [5, 5.41) is 2.64. The maximum absolute atomic E-state index is 11.8. The van der Waals surface area contributed by atoms with E-state index in [-0.39, 0.29) is 17.9 Å². The Hall–Kier alpha value is -1.55. The molecular weight excluding hydrogens is 242 g/mol. The number of benzene rings is 1. The SMILES string of the molecule is O=C(N[C@H]1C[C@@H](CCl)OC1=O)c1ccccc1. The molecule has 1 heterocycles. The first-order valence-corrected chi connectivity index (χ1v) is 5.86. The Balaban J connectivity index is 1.98. The summed E-state index contributed by atoms with van der Waals surface area (Å²) in [6.45, 7) is 0. The standard InChI is InChI=1S/C12H12ClNO3/c13-7-9-6-10(12(16)17-9)14-11(15)8-4-2-1-3-5-8/h1-5,9-10H,6-7H2,(H,14,15)/t9-,10-/m0/s1. The number of halogens is 1. The summed E-state index contributed by atoms with van der Waals surface area (Å²) in [6.07, 6.45) is 0.131. The average Bonchev–Trinajstić information content (AvgIpc) is 2.71. The monoisotopic (exact) mass is 253 g/mol. The number of nitrogens with one attached hydrogen (secondary N) is 1. The second kappa shape index (κ2) is 5.19. The Bertz CT molecular complexity index is 421. The number of hydrogen-bond acceptors (Lipinski definition) is 3. The fourth-order valence-corrected chi connectivity index (χ4v) is 1.89. The quantitative estimate of drug-likeness (QED) is 0.653. The van der Waals surface area contributed by atoms with Gasteiger partial charge in [-0.1, -0.05) is 18.2 Å². The molecule has 90 valence electrons. The van der Waals surface area contributed by atoms with Crippen molar-refractivity contribution in [1.29, 1.82) is 0 Å². The van der Waals surface area contributed by atoms with E-state index in [2.05, 4.69) is 5.32 Å². The number of esters is 1. The van der Waals surface area contributed by atoms with Crippen LogP contribution < -0.4 is 5.32 Å². The zero-order chi connectivity index (χ0) is 12.3. The van der Waals surface area contributed by atoms with E-state index in [1.165, 1.54) is 0 Å². The van der Waals surface area contributed by atoms with Crippen LogP contribution in [0.4, 0.5) is 0 Å². The predicted molar refractivity (Wildman–Crippen MR) is 62.9 cm³/mol. The second-order valence-corrected chi connectivity index (χ2v) is 4.15. The Morgan fingerprint density at radius 2 is 2.12 bits per heavy atom. The molecule has 0 aliphatic carbocycles. The molecule has 1 N–H and O–H groups in total. The van der Waals surface area contributed by atoms with Crippen LogP contribution in [0.15, 0.2) is 30.3 Å². The largest absolute Gasteiger partial charge is 0.459 e. The summed E-state index contributed by atoms with van der Waals surface area (Å²) in [7, 11) is 0. The van der Waals surface area contributed by atoms with Crippen LogP contribution in [0.2, 0.25) is 0 Å². The molecule has 2 rings (SSSR count). The zero-order valence-corrected chi connectivity index (χ0v) is 9.81. The van der Waals surface area contributed by atoms with Gasteiger partial charge in [-0.3, -0.25) is 4.79 Å². The van der Waals surface area contributed by atoms with Crippen LogP contribution in [0.5, 0.6) is 0 Å². The van der Waals surface area contributed by atoms with Gasteiger partial charge in [0.05, 0.1) is 5.88 Å². The van der Waals surface area contributed by atoms with Gasteiger partial charge in [0, 0.05) is 12.0 Å². The molecule has 0 spiro atoms. The van der Waals surface area contributed by atoms with Crippen molar-refractivity contribution in [3.8, 4) is 0 Å². The lowest BCUT2D eigenvalue weighted by Crippen LogP contribution is -2.38. The van der Waals surface area contributed by atoms with Crippen molar-refractivity contribution in [2.45, 2.75) is 18.6 Å². The number of cyclic esters (lactones) is 1. The van der Waals surface area contributed by atoms with E-state index in [0.29, 0.717) is 12.0 Å². The summed E-state index contributed by atoms with van der Waals surface area (Å²) in [4.78, 5) is 23.2. The number of ether oxygens (including phenoxy) is 1. The fourth-order valence-electron chi connectivity index (χ4n) is 1.70. The minimum atomic E-state index is -0.591. The van der Waals surface area contributed by atoms with Gasteiger partial charge in [-0.25, -0.2) is 4.79 Å². The van der Waals surface area contributed by atoms with E-state index in [1.54, 1.807) is 24.3 Å². The topological polar surface area (TPSA) is 55.4 Å². The highest BCUT2D eigenvalue weighted by Gasteiger charge is 2.34. The molecule has 0 bridgehead atoms. The van der Waals surface area contributed by atoms with Crippen LogP contribution in [0, 0.1) is 0 Å². The molecule has 1 aromatic carbocycles. The second-order valence-electron chi connectivity index (χ2n) is 3.84. The van der Waals surface area contributed by atoms with Gasteiger partial charge < -0.3 is 10.1 Å². The van der Waals surface area contributed by atoms with Gasteiger partial charge in [0.1, 0.15) is 12.1 Å². The molecule has 1 aliphatic heterocycles. The normalized spacial score (nSPS) is 23.2. The average molecular weight is 254 g/mol. The third-order valence-corrected chi connectivity index (χ3v) is 2.92. The number of carbonyl (C=O) groups is 2. The van der Waals surface area contributed by atoms with E-state index in [9.17, 15) is 9.59 Å². The highest BCUT2D eigenvalue weighted by Crippen LogP contribution is 2.16. The summed E-state index contributed by atoms with van der Waals surface area (Å²) >= 11 is 5.60. The van der Waals surface area contributed by atoms with Crippen molar-refractivity contribution >= 4 is 23.5 Å². The van der Waals surface area contributed by atoms with Gasteiger partial charge in [-0.2, -0.15) is 0 Å². The molecule has 17 heavy (non-hydrogen) atoms. The van der Waals surface area contributed by atoms with Crippen LogP contribution >= 0.6 is 11.6 Å². The molecule has 1 aliphatic rings. The molecule has 0 saturated carbocycles. The molecule has 1 aromatic rings. The Morgan fingerprint density at radius 1 is 1.41 bits per heavy atom. The number of alkyl halides is 1. The first kappa shape index (κ1) is 11.9. The van der Waals surface area contributed by atoms with Gasteiger partial charge in [-0.05, 0) is 12.1 Å². The van der Waals surface area contributed by atoms with Crippen molar-refractivity contribution in [2.24, 2.45) is 0 Å².